The summed E-state index contributed by atoms with van der Waals surface area (Å²) in [5.74, 6) is 0.112. The minimum Gasteiger partial charge on any atom is -0.448 e. The lowest BCUT2D eigenvalue weighted by Crippen LogP contribution is -2.57. The van der Waals surface area contributed by atoms with E-state index in [2.05, 4.69) is 31.2 Å². The van der Waals surface area contributed by atoms with E-state index in [-0.39, 0.29) is 17.9 Å². The van der Waals surface area contributed by atoms with E-state index in [0.29, 0.717) is 37.6 Å². The smallest absolute Gasteiger partial charge is 0.270 e. The molecule has 0 spiro atoms. The fraction of sp³-hybridized carbons (Fsp3) is 0.440. The van der Waals surface area contributed by atoms with Gasteiger partial charge in [0.25, 0.3) is 5.91 Å². The van der Waals surface area contributed by atoms with E-state index in [9.17, 15) is 9.59 Å². The SMILES string of the molecule is Cc1ccc(Cn2c(C(=O)N3CCN(C(=O)C(C)(C)C)C(C)C3)cc3ccoc32)cc1. The van der Waals surface area contributed by atoms with E-state index in [0.717, 1.165) is 10.9 Å². The quantitative estimate of drug-likeness (QED) is 0.633. The number of hydrogen-bond donors (Lipinski definition) is 0. The zero-order chi connectivity index (χ0) is 22.3. The number of rotatable bonds is 3. The Hall–Kier alpha value is -3.02. The first kappa shape index (κ1) is 21.2. The first-order valence-corrected chi connectivity index (χ1v) is 10.9. The number of furan rings is 1. The highest BCUT2D eigenvalue weighted by Crippen LogP contribution is 2.26. The van der Waals surface area contributed by atoms with Crippen LogP contribution in [0.25, 0.3) is 11.1 Å². The van der Waals surface area contributed by atoms with Gasteiger partial charge in [0.05, 0.1) is 12.8 Å². The predicted octanol–water partition coefficient (Wildman–Crippen LogP) is 4.31. The average Bonchev–Trinajstić information content (AvgIpc) is 3.30. The Labute approximate surface area is 183 Å². The molecule has 164 valence electrons. The lowest BCUT2D eigenvalue weighted by molar-refractivity contribution is -0.143. The van der Waals surface area contributed by atoms with Crippen LogP contribution in [0, 0.1) is 12.3 Å². The molecule has 4 rings (SSSR count). The van der Waals surface area contributed by atoms with Gasteiger partial charge in [0.1, 0.15) is 5.69 Å². The number of aromatic nitrogens is 1. The summed E-state index contributed by atoms with van der Waals surface area (Å²) in [7, 11) is 0. The van der Waals surface area contributed by atoms with Gasteiger partial charge in [-0.15, -0.1) is 0 Å². The predicted molar refractivity (Wildman–Crippen MR) is 121 cm³/mol. The monoisotopic (exact) mass is 421 g/mol. The van der Waals surface area contributed by atoms with Crippen LogP contribution in [-0.2, 0) is 11.3 Å². The maximum atomic E-state index is 13.5. The lowest BCUT2D eigenvalue weighted by Gasteiger charge is -2.42. The molecule has 1 atom stereocenters. The summed E-state index contributed by atoms with van der Waals surface area (Å²) in [4.78, 5) is 30.0. The Balaban J connectivity index is 1.58. The topological polar surface area (TPSA) is 58.7 Å². The van der Waals surface area contributed by atoms with Crippen LogP contribution in [0.5, 0.6) is 0 Å². The summed E-state index contributed by atoms with van der Waals surface area (Å²) in [5, 5.41) is 0.921. The first-order chi connectivity index (χ1) is 14.6. The third-order valence-electron chi connectivity index (χ3n) is 6.00. The van der Waals surface area contributed by atoms with Crippen LogP contribution < -0.4 is 0 Å². The van der Waals surface area contributed by atoms with Gasteiger partial charge >= 0.3 is 0 Å². The summed E-state index contributed by atoms with van der Waals surface area (Å²) < 4.78 is 7.67. The second-order valence-corrected chi connectivity index (χ2v) is 9.63. The highest BCUT2D eigenvalue weighted by Gasteiger charge is 2.35. The number of nitrogens with zero attached hydrogens (tertiary/aromatic N) is 3. The Morgan fingerprint density at radius 3 is 2.45 bits per heavy atom. The number of benzene rings is 1. The minimum atomic E-state index is -0.423. The van der Waals surface area contributed by atoms with E-state index in [1.165, 1.54) is 5.56 Å². The Morgan fingerprint density at radius 1 is 1.10 bits per heavy atom. The molecule has 1 aromatic carbocycles. The molecule has 3 heterocycles. The average molecular weight is 422 g/mol. The van der Waals surface area contributed by atoms with Crippen molar-refractivity contribution in [1.82, 2.24) is 14.4 Å². The molecule has 1 unspecified atom stereocenters. The number of amides is 2. The molecule has 6 heteroatoms. The van der Waals surface area contributed by atoms with Gasteiger partial charge in [0.2, 0.25) is 11.6 Å². The second kappa shape index (κ2) is 7.91. The van der Waals surface area contributed by atoms with Gasteiger partial charge in [0, 0.05) is 36.5 Å². The van der Waals surface area contributed by atoms with Gasteiger partial charge in [-0.25, -0.2) is 0 Å². The van der Waals surface area contributed by atoms with Crippen molar-refractivity contribution in [2.45, 2.75) is 47.2 Å². The fourth-order valence-electron chi connectivity index (χ4n) is 4.22. The van der Waals surface area contributed by atoms with Gasteiger partial charge in [-0.05, 0) is 31.5 Å². The van der Waals surface area contributed by atoms with Crippen molar-refractivity contribution in [2.75, 3.05) is 19.6 Å². The highest BCUT2D eigenvalue weighted by molar-refractivity contribution is 5.98. The third kappa shape index (κ3) is 4.11. The van der Waals surface area contributed by atoms with Crippen LogP contribution in [-0.4, -0.2) is 51.9 Å². The molecule has 0 N–H and O–H groups in total. The van der Waals surface area contributed by atoms with Crippen LogP contribution in [0.4, 0.5) is 0 Å². The van der Waals surface area contributed by atoms with Crippen LogP contribution in [0.15, 0.2) is 47.1 Å². The van der Waals surface area contributed by atoms with Crippen LogP contribution in [0.2, 0.25) is 0 Å². The largest absolute Gasteiger partial charge is 0.448 e. The van der Waals surface area contributed by atoms with E-state index in [1.807, 2.05) is 54.2 Å². The van der Waals surface area contributed by atoms with E-state index in [4.69, 9.17) is 4.42 Å². The summed E-state index contributed by atoms with van der Waals surface area (Å²) in [6, 6.07) is 12.1. The van der Waals surface area contributed by atoms with E-state index in [1.54, 1.807) is 6.26 Å². The van der Waals surface area contributed by atoms with Crippen molar-refractivity contribution in [1.29, 1.82) is 0 Å². The summed E-state index contributed by atoms with van der Waals surface area (Å²) in [6.07, 6.45) is 1.66. The van der Waals surface area contributed by atoms with Crippen molar-refractivity contribution in [3.63, 3.8) is 0 Å². The molecule has 1 aliphatic heterocycles. The first-order valence-electron chi connectivity index (χ1n) is 10.9. The Kier molecular flexibility index (Phi) is 5.42. The Bertz CT molecular complexity index is 1100. The summed E-state index contributed by atoms with van der Waals surface area (Å²) >= 11 is 0. The Morgan fingerprint density at radius 2 is 1.81 bits per heavy atom. The molecule has 0 aliphatic carbocycles. The van der Waals surface area contributed by atoms with Crippen LogP contribution >= 0.6 is 0 Å². The molecule has 0 saturated carbocycles. The molecular weight excluding hydrogens is 390 g/mol. The van der Waals surface area contributed by atoms with E-state index < -0.39 is 5.41 Å². The zero-order valence-electron chi connectivity index (χ0n) is 19.0. The van der Waals surface area contributed by atoms with Crippen molar-refractivity contribution >= 4 is 22.9 Å². The molecule has 0 bridgehead atoms. The van der Waals surface area contributed by atoms with Crippen molar-refractivity contribution in [3.8, 4) is 0 Å². The number of aryl methyl sites for hydroxylation is 1. The number of fused-ring (bicyclic) bond motifs is 1. The van der Waals surface area contributed by atoms with Crippen molar-refractivity contribution < 1.29 is 14.0 Å². The molecule has 1 saturated heterocycles. The van der Waals surface area contributed by atoms with Gasteiger partial charge in [-0.3, -0.25) is 9.59 Å². The van der Waals surface area contributed by atoms with Gasteiger partial charge < -0.3 is 18.8 Å². The summed E-state index contributed by atoms with van der Waals surface area (Å²) in [6.45, 7) is 12.1. The van der Waals surface area contributed by atoms with Crippen molar-refractivity contribution in [3.05, 3.63) is 59.5 Å². The normalized spacial score (nSPS) is 17.4. The fourth-order valence-corrected chi connectivity index (χ4v) is 4.22. The lowest BCUT2D eigenvalue weighted by atomic mass is 9.93. The zero-order valence-corrected chi connectivity index (χ0v) is 19.0. The van der Waals surface area contributed by atoms with Gasteiger partial charge in [-0.1, -0.05) is 50.6 Å². The van der Waals surface area contributed by atoms with Gasteiger partial charge in [-0.2, -0.15) is 0 Å². The maximum absolute atomic E-state index is 13.5. The third-order valence-corrected chi connectivity index (χ3v) is 6.00. The standard InChI is InChI=1S/C25H31N3O3/c1-17-6-8-19(9-7-17)16-28-21(14-20-10-13-31-23(20)28)22(29)26-11-12-27(18(2)15-26)24(30)25(3,4)5/h6-10,13-14,18H,11-12,15-16H2,1-5H3. The molecule has 6 nitrogen and oxygen atoms in total. The molecule has 3 aromatic rings. The summed E-state index contributed by atoms with van der Waals surface area (Å²) in [5.41, 5.74) is 3.22. The molecule has 2 amide bonds. The number of piperazine rings is 1. The second-order valence-electron chi connectivity index (χ2n) is 9.63. The molecule has 0 radical (unpaired) electrons. The highest BCUT2D eigenvalue weighted by atomic mass is 16.3. The molecule has 1 fully saturated rings. The molecule has 2 aromatic heterocycles. The molecule has 1 aliphatic rings. The molecular formula is C25H31N3O3. The maximum Gasteiger partial charge on any atom is 0.270 e. The van der Waals surface area contributed by atoms with Crippen molar-refractivity contribution in [2.24, 2.45) is 5.41 Å². The van der Waals surface area contributed by atoms with Crippen LogP contribution in [0.1, 0.15) is 49.3 Å². The number of carbonyl (C=O) groups is 2. The number of carbonyl (C=O) groups excluding carboxylic acids is 2. The van der Waals surface area contributed by atoms with Crippen LogP contribution in [0.3, 0.4) is 0 Å². The van der Waals surface area contributed by atoms with Gasteiger partial charge in [0.15, 0.2) is 0 Å². The molecule has 31 heavy (non-hydrogen) atoms. The van der Waals surface area contributed by atoms with E-state index >= 15 is 0 Å². The number of hydrogen-bond acceptors (Lipinski definition) is 3. The minimum absolute atomic E-state index is 0.0202.